The summed E-state index contributed by atoms with van der Waals surface area (Å²) in [6.45, 7) is 5.25. The summed E-state index contributed by atoms with van der Waals surface area (Å²) in [5.74, 6) is 0.493. The van der Waals surface area contributed by atoms with Crippen molar-refractivity contribution in [1.82, 2.24) is 15.1 Å². The topological polar surface area (TPSA) is 29.9 Å². The summed E-state index contributed by atoms with van der Waals surface area (Å²) in [6, 6.07) is 0.523. The Morgan fingerprint density at radius 2 is 2.17 bits per heavy atom. The van der Waals surface area contributed by atoms with E-state index in [-0.39, 0.29) is 5.69 Å². The van der Waals surface area contributed by atoms with Gasteiger partial charge in [0.1, 0.15) is 5.69 Å². The van der Waals surface area contributed by atoms with Gasteiger partial charge in [0.15, 0.2) is 0 Å². The van der Waals surface area contributed by atoms with Crippen molar-refractivity contribution in [2.24, 2.45) is 5.92 Å². The van der Waals surface area contributed by atoms with Crippen LogP contribution >= 0.6 is 0 Å². The molecule has 1 aromatic heterocycles. The second-order valence-electron chi connectivity index (χ2n) is 5.42. The van der Waals surface area contributed by atoms with E-state index in [1.165, 1.54) is 4.68 Å². The number of rotatable bonds is 7. The SMILES string of the molecule is CC(C)CCn1ncc(CNC2CC2)c1C(F)F. The Bertz CT molecular complexity index is 360. The normalized spacial score (nSPS) is 15.9. The van der Waals surface area contributed by atoms with Gasteiger partial charge in [0.05, 0.1) is 6.20 Å². The predicted molar refractivity (Wildman–Crippen MR) is 66.5 cm³/mol. The van der Waals surface area contributed by atoms with Crippen LogP contribution in [0.5, 0.6) is 0 Å². The number of aryl methyl sites for hydroxylation is 1. The van der Waals surface area contributed by atoms with Crippen LogP contribution in [0.25, 0.3) is 0 Å². The summed E-state index contributed by atoms with van der Waals surface area (Å²) in [6.07, 6.45) is 2.32. The Labute approximate surface area is 107 Å². The van der Waals surface area contributed by atoms with Crippen LogP contribution < -0.4 is 5.32 Å². The van der Waals surface area contributed by atoms with Gasteiger partial charge in [-0.05, 0) is 25.2 Å². The maximum Gasteiger partial charge on any atom is 0.280 e. The molecule has 102 valence electrons. The zero-order valence-electron chi connectivity index (χ0n) is 11.0. The molecule has 1 aliphatic rings. The van der Waals surface area contributed by atoms with E-state index < -0.39 is 6.43 Å². The van der Waals surface area contributed by atoms with Gasteiger partial charge in [-0.15, -0.1) is 0 Å². The first-order valence-corrected chi connectivity index (χ1v) is 6.64. The van der Waals surface area contributed by atoms with Crippen molar-refractivity contribution in [1.29, 1.82) is 0 Å². The molecule has 3 nitrogen and oxygen atoms in total. The summed E-state index contributed by atoms with van der Waals surface area (Å²) >= 11 is 0. The molecule has 0 atom stereocenters. The Kier molecular flexibility index (Phi) is 4.32. The van der Waals surface area contributed by atoms with E-state index in [0.717, 1.165) is 19.3 Å². The van der Waals surface area contributed by atoms with E-state index in [2.05, 4.69) is 24.3 Å². The lowest BCUT2D eigenvalue weighted by atomic mass is 10.1. The van der Waals surface area contributed by atoms with Crippen molar-refractivity contribution in [2.45, 2.75) is 58.7 Å². The van der Waals surface area contributed by atoms with Crippen molar-refractivity contribution >= 4 is 0 Å². The third-order valence-electron chi connectivity index (χ3n) is 3.24. The first-order valence-electron chi connectivity index (χ1n) is 6.64. The first kappa shape index (κ1) is 13.5. The van der Waals surface area contributed by atoms with Gasteiger partial charge in [-0.1, -0.05) is 13.8 Å². The lowest BCUT2D eigenvalue weighted by molar-refractivity contribution is 0.137. The number of hydrogen-bond acceptors (Lipinski definition) is 2. The standard InChI is InChI=1S/C13H21F2N3/c1-9(2)5-6-18-12(13(14)15)10(8-17-18)7-16-11-3-4-11/h8-9,11,13,16H,3-7H2,1-2H3. The molecule has 1 fully saturated rings. The van der Waals surface area contributed by atoms with Gasteiger partial charge in [0.25, 0.3) is 6.43 Å². The van der Waals surface area contributed by atoms with Gasteiger partial charge >= 0.3 is 0 Å². The quantitative estimate of drug-likeness (QED) is 0.813. The molecule has 0 radical (unpaired) electrons. The van der Waals surface area contributed by atoms with Crippen molar-refractivity contribution in [2.75, 3.05) is 0 Å². The number of nitrogens with one attached hydrogen (secondary N) is 1. The number of halogens is 2. The summed E-state index contributed by atoms with van der Waals surface area (Å²) in [4.78, 5) is 0. The molecule has 0 saturated heterocycles. The van der Waals surface area contributed by atoms with Crippen LogP contribution in [0.3, 0.4) is 0 Å². The minimum absolute atomic E-state index is 0.0869. The van der Waals surface area contributed by atoms with Gasteiger partial charge < -0.3 is 5.32 Å². The second-order valence-corrected chi connectivity index (χ2v) is 5.42. The lowest BCUT2D eigenvalue weighted by Crippen LogP contribution is -2.17. The Balaban J connectivity index is 2.03. The molecule has 1 aromatic rings. The fourth-order valence-electron chi connectivity index (χ4n) is 1.92. The minimum Gasteiger partial charge on any atom is -0.310 e. The van der Waals surface area contributed by atoms with E-state index in [9.17, 15) is 8.78 Å². The molecule has 1 saturated carbocycles. The minimum atomic E-state index is -2.45. The molecule has 2 rings (SSSR count). The van der Waals surface area contributed by atoms with Gasteiger partial charge in [0.2, 0.25) is 0 Å². The highest BCUT2D eigenvalue weighted by Gasteiger charge is 2.24. The zero-order valence-corrected chi connectivity index (χ0v) is 11.0. The molecule has 18 heavy (non-hydrogen) atoms. The van der Waals surface area contributed by atoms with Crippen LogP contribution in [0.15, 0.2) is 6.20 Å². The molecule has 0 aliphatic heterocycles. The third kappa shape index (κ3) is 3.51. The van der Waals surface area contributed by atoms with Gasteiger partial charge in [-0.2, -0.15) is 5.10 Å². The average Bonchev–Trinajstić information content (AvgIpc) is 3.03. The summed E-state index contributed by atoms with van der Waals surface area (Å²) in [5.41, 5.74) is 0.726. The smallest absolute Gasteiger partial charge is 0.280 e. The third-order valence-corrected chi connectivity index (χ3v) is 3.24. The molecular formula is C13H21F2N3. The van der Waals surface area contributed by atoms with Crippen LogP contribution in [-0.2, 0) is 13.1 Å². The molecule has 1 aliphatic carbocycles. The zero-order chi connectivity index (χ0) is 13.1. The van der Waals surface area contributed by atoms with Gasteiger partial charge in [-0.3, -0.25) is 4.68 Å². The van der Waals surface area contributed by atoms with Crippen molar-refractivity contribution < 1.29 is 8.78 Å². The molecule has 0 amide bonds. The van der Waals surface area contributed by atoms with Crippen LogP contribution in [0.4, 0.5) is 8.78 Å². The second kappa shape index (κ2) is 5.78. The molecule has 0 aromatic carbocycles. The summed E-state index contributed by atoms with van der Waals surface area (Å²) in [7, 11) is 0. The Hall–Kier alpha value is -0.970. The highest BCUT2D eigenvalue weighted by molar-refractivity contribution is 5.19. The molecule has 1 heterocycles. The fraction of sp³-hybridized carbons (Fsp3) is 0.769. The van der Waals surface area contributed by atoms with Crippen molar-refractivity contribution in [3.63, 3.8) is 0 Å². The van der Waals surface area contributed by atoms with E-state index in [1.54, 1.807) is 6.20 Å². The molecule has 0 unspecified atom stereocenters. The largest absolute Gasteiger partial charge is 0.310 e. The van der Waals surface area contributed by atoms with E-state index >= 15 is 0 Å². The monoisotopic (exact) mass is 257 g/mol. The maximum atomic E-state index is 13.1. The Morgan fingerprint density at radius 1 is 1.44 bits per heavy atom. The number of alkyl halides is 2. The predicted octanol–water partition coefficient (Wildman–Crippen LogP) is 3.12. The molecule has 5 heteroatoms. The van der Waals surface area contributed by atoms with Crippen molar-refractivity contribution in [3.8, 4) is 0 Å². The van der Waals surface area contributed by atoms with E-state index in [4.69, 9.17) is 0 Å². The highest BCUT2D eigenvalue weighted by atomic mass is 19.3. The van der Waals surface area contributed by atoms with Crippen molar-refractivity contribution in [3.05, 3.63) is 17.5 Å². The van der Waals surface area contributed by atoms with E-state index in [0.29, 0.717) is 30.6 Å². The van der Waals surface area contributed by atoms with Crippen LogP contribution in [0.2, 0.25) is 0 Å². The molecule has 0 bridgehead atoms. The number of aromatic nitrogens is 2. The van der Waals surface area contributed by atoms with Crippen LogP contribution in [0, 0.1) is 5.92 Å². The highest BCUT2D eigenvalue weighted by Crippen LogP contribution is 2.25. The molecular weight excluding hydrogens is 236 g/mol. The molecule has 1 N–H and O–H groups in total. The fourth-order valence-corrected chi connectivity index (χ4v) is 1.92. The number of hydrogen-bond donors (Lipinski definition) is 1. The molecule has 0 spiro atoms. The lowest BCUT2D eigenvalue weighted by Gasteiger charge is -2.10. The average molecular weight is 257 g/mol. The van der Waals surface area contributed by atoms with E-state index in [1.807, 2.05) is 0 Å². The van der Waals surface area contributed by atoms with Crippen LogP contribution in [0.1, 0.15) is 50.8 Å². The Morgan fingerprint density at radius 3 is 2.72 bits per heavy atom. The van der Waals surface area contributed by atoms with Gasteiger partial charge in [0, 0.05) is 24.7 Å². The van der Waals surface area contributed by atoms with Gasteiger partial charge in [-0.25, -0.2) is 8.78 Å². The van der Waals surface area contributed by atoms with Crippen LogP contribution in [-0.4, -0.2) is 15.8 Å². The summed E-state index contributed by atoms with van der Waals surface area (Å²) < 4.78 is 27.7. The maximum absolute atomic E-state index is 13.1. The summed E-state index contributed by atoms with van der Waals surface area (Å²) in [5, 5.41) is 7.36. The number of nitrogens with zero attached hydrogens (tertiary/aromatic N) is 2. The first-order chi connectivity index (χ1) is 8.58.